The van der Waals surface area contributed by atoms with Crippen molar-refractivity contribution in [3.8, 4) is 0 Å². The molecule has 0 spiro atoms. The molecule has 0 aliphatic carbocycles. The predicted octanol–water partition coefficient (Wildman–Crippen LogP) is 1.62. The van der Waals surface area contributed by atoms with Gasteiger partial charge in [0.15, 0.2) is 0 Å². The number of nitrogens with one attached hydrogen (secondary N) is 1. The van der Waals surface area contributed by atoms with Gasteiger partial charge in [0.05, 0.1) is 22.9 Å². The monoisotopic (exact) mass is 320 g/mol. The van der Waals surface area contributed by atoms with Crippen LogP contribution in [0.3, 0.4) is 0 Å². The summed E-state index contributed by atoms with van der Waals surface area (Å²) >= 11 is 0.990. The van der Waals surface area contributed by atoms with Crippen LogP contribution in [-0.4, -0.2) is 35.3 Å². The number of alkyl halides is 3. The van der Waals surface area contributed by atoms with Gasteiger partial charge in [-0.2, -0.15) is 13.2 Å². The van der Waals surface area contributed by atoms with Crippen molar-refractivity contribution in [3.05, 3.63) is 23.9 Å². The molecule has 1 amide bonds. The Labute approximate surface area is 122 Å². The van der Waals surface area contributed by atoms with E-state index in [2.05, 4.69) is 10.3 Å². The first kappa shape index (κ1) is 15.6. The Morgan fingerprint density at radius 2 is 2.24 bits per heavy atom. The van der Waals surface area contributed by atoms with E-state index in [9.17, 15) is 22.8 Å². The van der Waals surface area contributed by atoms with Crippen LogP contribution in [0.4, 0.5) is 13.2 Å². The second-order valence-corrected chi connectivity index (χ2v) is 5.24. The molecule has 0 saturated carbocycles. The Morgan fingerprint density at radius 3 is 2.76 bits per heavy atom. The van der Waals surface area contributed by atoms with Crippen molar-refractivity contribution in [3.63, 3.8) is 0 Å². The summed E-state index contributed by atoms with van der Waals surface area (Å²) in [6, 6.07) is 1.46. The van der Waals surface area contributed by atoms with Crippen LogP contribution in [0.15, 0.2) is 23.4 Å². The summed E-state index contributed by atoms with van der Waals surface area (Å²) in [5.74, 6) is -0.908. The summed E-state index contributed by atoms with van der Waals surface area (Å²) < 4.78 is 41.7. The number of carbonyl (C=O) groups is 2. The van der Waals surface area contributed by atoms with Gasteiger partial charge in [-0.3, -0.25) is 4.79 Å². The van der Waals surface area contributed by atoms with Crippen molar-refractivity contribution in [2.24, 2.45) is 0 Å². The molecule has 5 nitrogen and oxygen atoms in total. The second kappa shape index (κ2) is 6.33. The number of ether oxygens (including phenoxy) is 1. The lowest BCUT2D eigenvalue weighted by atomic mass is 10.2. The van der Waals surface area contributed by atoms with Gasteiger partial charge in [-0.05, 0) is 12.1 Å². The van der Waals surface area contributed by atoms with E-state index in [1.165, 1.54) is 6.07 Å². The number of hydrogen-bond donors (Lipinski definition) is 1. The van der Waals surface area contributed by atoms with Crippen LogP contribution in [0.2, 0.25) is 0 Å². The summed E-state index contributed by atoms with van der Waals surface area (Å²) in [4.78, 5) is 26.4. The fourth-order valence-corrected chi connectivity index (χ4v) is 2.29. The number of nitrogens with zero attached hydrogens (tertiary/aromatic N) is 1. The number of halogens is 3. The number of esters is 1. The van der Waals surface area contributed by atoms with Gasteiger partial charge in [0.1, 0.15) is 6.04 Å². The first-order valence-corrected chi connectivity index (χ1v) is 6.97. The molecule has 1 fully saturated rings. The van der Waals surface area contributed by atoms with Crippen LogP contribution in [0, 0.1) is 0 Å². The van der Waals surface area contributed by atoms with Gasteiger partial charge in [-0.1, -0.05) is 11.8 Å². The van der Waals surface area contributed by atoms with Crippen LogP contribution in [0.5, 0.6) is 0 Å². The molecule has 1 unspecified atom stereocenters. The summed E-state index contributed by atoms with van der Waals surface area (Å²) in [5.41, 5.74) is -0.843. The highest BCUT2D eigenvalue weighted by molar-refractivity contribution is 7.99. The molecule has 1 aromatic heterocycles. The van der Waals surface area contributed by atoms with E-state index < -0.39 is 29.7 Å². The fraction of sp³-hybridized carbons (Fsp3) is 0.417. The van der Waals surface area contributed by atoms with E-state index in [0.29, 0.717) is 17.6 Å². The fourth-order valence-electron chi connectivity index (χ4n) is 1.64. The highest BCUT2D eigenvalue weighted by atomic mass is 32.2. The average molecular weight is 320 g/mol. The Hall–Kier alpha value is -1.77. The van der Waals surface area contributed by atoms with Crippen LogP contribution in [-0.2, 0) is 20.5 Å². The van der Waals surface area contributed by atoms with Crippen molar-refractivity contribution in [2.75, 3.05) is 12.4 Å². The molecule has 1 aromatic rings. The summed E-state index contributed by atoms with van der Waals surface area (Å²) in [6.45, 7) is 0.275. The molecule has 0 radical (unpaired) electrons. The Kier molecular flexibility index (Phi) is 4.71. The Bertz CT molecular complexity index is 534. The zero-order chi connectivity index (χ0) is 15.5. The SMILES string of the molecule is O=C(CSc1ccc(C(F)(F)F)cn1)NC1CCOC1=O. The second-order valence-electron chi connectivity index (χ2n) is 4.25. The molecule has 2 rings (SSSR count). The normalized spacial score (nSPS) is 18.4. The first-order valence-electron chi connectivity index (χ1n) is 5.98. The van der Waals surface area contributed by atoms with Crippen LogP contribution in [0.1, 0.15) is 12.0 Å². The van der Waals surface area contributed by atoms with Gasteiger partial charge in [-0.25, -0.2) is 9.78 Å². The van der Waals surface area contributed by atoms with E-state index in [4.69, 9.17) is 4.74 Å². The molecule has 9 heteroatoms. The number of amides is 1. The third-order valence-corrected chi connectivity index (χ3v) is 3.63. The molecular formula is C12H11F3N2O3S. The van der Waals surface area contributed by atoms with E-state index in [1.807, 2.05) is 0 Å². The number of rotatable bonds is 4. The summed E-state index contributed by atoms with van der Waals surface area (Å²) in [6.07, 6.45) is -3.29. The molecule has 21 heavy (non-hydrogen) atoms. The zero-order valence-electron chi connectivity index (χ0n) is 10.6. The molecule has 1 N–H and O–H groups in total. The third-order valence-electron chi connectivity index (χ3n) is 2.69. The molecule has 2 heterocycles. The lowest BCUT2D eigenvalue weighted by molar-refractivity contribution is -0.141. The largest absolute Gasteiger partial charge is 0.464 e. The zero-order valence-corrected chi connectivity index (χ0v) is 11.5. The van der Waals surface area contributed by atoms with Crippen molar-refractivity contribution in [2.45, 2.75) is 23.7 Å². The van der Waals surface area contributed by atoms with E-state index in [0.717, 1.165) is 17.8 Å². The first-order chi connectivity index (χ1) is 9.86. The average Bonchev–Trinajstić information content (AvgIpc) is 2.81. The van der Waals surface area contributed by atoms with Crippen LogP contribution in [0.25, 0.3) is 0 Å². The minimum absolute atomic E-state index is 0.0395. The lowest BCUT2D eigenvalue weighted by Crippen LogP contribution is -2.38. The van der Waals surface area contributed by atoms with Crippen molar-refractivity contribution in [1.29, 1.82) is 0 Å². The van der Waals surface area contributed by atoms with Crippen LogP contribution >= 0.6 is 11.8 Å². The molecule has 114 valence electrons. The molecule has 0 bridgehead atoms. The molecule has 0 aromatic carbocycles. The quantitative estimate of drug-likeness (QED) is 0.674. The number of aromatic nitrogens is 1. The number of thioether (sulfide) groups is 1. The summed E-state index contributed by atoms with van der Waals surface area (Å²) in [5, 5.41) is 2.79. The topological polar surface area (TPSA) is 68.3 Å². The van der Waals surface area contributed by atoms with Crippen molar-refractivity contribution < 1.29 is 27.5 Å². The number of pyridine rings is 1. The maximum absolute atomic E-state index is 12.3. The van der Waals surface area contributed by atoms with Gasteiger partial charge >= 0.3 is 12.1 Å². The van der Waals surface area contributed by atoms with Crippen LogP contribution < -0.4 is 5.32 Å². The number of cyclic esters (lactones) is 1. The lowest BCUT2D eigenvalue weighted by Gasteiger charge is -2.09. The van der Waals surface area contributed by atoms with E-state index in [-0.39, 0.29) is 12.4 Å². The van der Waals surface area contributed by atoms with Gasteiger partial charge in [0.25, 0.3) is 0 Å². The van der Waals surface area contributed by atoms with Gasteiger partial charge in [0.2, 0.25) is 5.91 Å². The van der Waals surface area contributed by atoms with E-state index >= 15 is 0 Å². The third kappa shape index (κ3) is 4.35. The molecule has 1 saturated heterocycles. The molecule has 1 aliphatic heterocycles. The Balaban J connectivity index is 1.82. The Morgan fingerprint density at radius 1 is 1.48 bits per heavy atom. The van der Waals surface area contributed by atoms with E-state index in [1.54, 1.807) is 0 Å². The number of hydrogen-bond acceptors (Lipinski definition) is 5. The highest BCUT2D eigenvalue weighted by Gasteiger charge is 2.31. The minimum atomic E-state index is -4.43. The van der Waals surface area contributed by atoms with Crippen molar-refractivity contribution in [1.82, 2.24) is 10.3 Å². The smallest absolute Gasteiger partial charge is 0.417 e. The standard InChI is InChI=1S/C12H11F3N2O3S/c13-12(14,15)7-1-2-10(16-5-7)21-6-9(18)17-8-3-4-20-11(8)19/h1-2,5,8H,3-4,6H2,(H,17,18). The summed E-state index contributed by atoms with van der Waals surface area (Å²) in [7, 11) is 0. The van der Waals surface area contributed by atoms with Crippen molar-refractivity contribution >= 4 is 23.6 Å². The molecule has 1 aliphatic rings. The van der Waals surface area contributed by atoms with Gasteiger partial charge < -0.3 is 10.1 Å². The maximum Gasteiger partial charge on any atom is 0.417 e. The molecule has 1 atom stereocenters. The molecular weight excluding hydrogens is 309 g/mol. The minimum Gasteiger partial charge on any atom is -0.464 e. The van der Waals surface area contributed by atoms with Gasteiger partial charge in [-0.15, -0.1) is 0 Å². The highest BCUT2D eigenvalue weighted by Crippen LogP contribution is 2.29. The van der Waals surface area contributed by atoms with Gasteiger partial charge in [0, 0.05) is 12.6 Å². The maximum atomic E-state index is 12.3. The predicted molar refractivity (Wildman–Crippen MR) is 67.5 cm³/mol. The number of carbonyl (C=O) groups excluding carboxylic acids is 2.